The van der Waals surface area contributed by atoms with Gasteiger partial charge in [0.25, 0.3) is 5.89 Å². The number of aromatic nitrogens is 1. The Morgan fingerprint density at radius 2 is 2.26 bits per heavy atom. The molecular weight excluding hydrogens is 341 g/mol. The van der Waals surface area contributed by atoms with Gasteiger partial charge in [-0.3, -0.25) is 4.79 Å². The average molecular weight is 362 g/mol. The molecule has 1 aliphatic rings. The van der Waals surface area contributed by atoms with Gasteiger partial charge in [0.15, 0.2) is 5.76 Å². The topological polar surface area (TPSA) is 85.5 Å². The van der Waals surface area contributed by atoms with Crippen molar-refractivity contribution in [3.05, 3.63) is 29.9 Å². The van der Waals surface area contributed by atoms with Crippen LogP contribution in [0, 0.1) is 6.92 Å². The molecule has 1 atom stereocenters. The highest BCUT2D eigenvalue weighted by Crippen LogP contribution is 2.22. The van der Waals surface area contributed by atoms with Crippen molar-refractivity contribution in [1.82, 2.24) is 9.88 Å². The largest absolute Gasteiger partial charge is 0.459 e. The minimum Gasteiger partial charge on any atom is -0.459 e. The molecular formula is C15H21Cl2N3O3. The van der Waals surface area contributed by atoms with E-state index >= 15 is 0 Å². The molecule has 1 saturated heterocycles. The van der Waals surface area contributed by atoms with Crippen LogP contribution in [0.4, 0.5) is 0 Å². The second kappa shape index (κ2) is 8.38. The van der Waals surface area contributed by atoms with Crippen LogP contribution in [0.3, 0.4) is 0 Å². The second-order valence-electron chi connectivity index (χ2n) is 5.42. The van der Waals surface area contributed by atoms with Crippen LogP contribution in [0.2, 0.25) is 0 Å². The maximum absolute atomic E-state index is 12.3. The Morgan fingerprint density at radius 3 is 2.91 bits per heavy atom. The summed E-state index contributed by atoms with van der Waals surface area (Å²) in [6.07, 6.45) is 3.75. The molecule has 1 fully saturated rings. The number of nitrogens with two attached hydrogens (primary N) is 1. The van der Waals surface area contributed by atoms with E-state index in [1.165, 1.54) is 0 Å². The van der Waals surface area contributed by atoms with Crippen molar-refractivity contribution >= 4 is 30.7 Å². The molecule has 1 unspecified atom stereocenters. The van der Waals surface area contributed by atoms with E-state index in [0.29, 0.717) is 29.6 Å². The summed E-state index contributed by atoms with van der Waals surface area (Å²) in [5.74, 6) is 1.68. The molecule has 0 radical (unpaired) electrons. The molecule has 0 spiro atoms. The van der Waals surface area contributed by atoms with Crippen LogP contribution in [-0.4, -0.2) is 34.9 Å². The van der Waals surface area contributed by atoms with Gasteiger partial charge in [0, 0.05) is 19.1 Å². The molecule has 2 aromatic heterocycles. The second-order valence-corrected chi connectivity index (χ2v) is 5.42. The van der Waals surface area contributed by atoms with Gasteiger partial charge in [-0.15, -0.1) is 24.8 Å². The SMILES string of the molecule is Cc1oc(-c2ccco2)nc1CC(=O)N1CCCC(N)C1.Cl.Cl. The zero-order valence-corrected chi connectivity index (χ0v) is 14.5. The number of likely N-dealkylation sites (tertiary alicyclic amines) is 1. The van der Waals surface area contributed by atoms with Gasteiger partial charge in [-0.05, 0) is 31.9 Å². The van der Waals surface area contributed by atoms with Crippen LogP contribution in [0.5, 0.6) is 0 Å². The van der Waals surface area contributed by atoms with Crippen LogP contribution in [0.25, 0.3) is 11.7 Å². The Balaban J connectivity index is 0.00000132. The molecule has 0 aromatic carbocycles. The lowest BCUT2D eigenvalue weighted by molar-refractivity contribution is -0.131. The van der Waals surface area contributed by atoms with Gasteiger partial charge >= 0.3 is 0 Å². The first-order chi connectivity index (χ1) is 10.1. The Morgan fingerprint density at radius 1 is 1.48 bits per heavy atom. The van der Waals surface area contributed by atoms with Crippen molar-refractivity contribution in [3.63, 3.8) is 0 Å². The first-order valence-electron chi connectivity index (χ1n) is 7.17. The summed E-state index contributed by atoms with van der Waals surface area (Å²) in [6.45, 7) is 3.21. The fourth-order valence-corrected chi connectivity index (χ4v) is 2.59. The fraction of sp³-hybridized carbons (Fsp3) is 0.467. The lowest BCUT2D eigenvalue weighted by Gasteiger charge is -2.30. The van der Waals surface area contributed by atoms with Gasteiger partial charge < -0.3 is 19.5 Å². The Kier molecular flexibility index (Phi) is 7.12. The molecule has 3 heterocycles. The van der Waals surface area contributed by atoms with Gasteiger partial charge in [0.05, 0.1) is 18.4 Å². The summed E-state index contributed by atoms with van der Waals surface area (Å²) in [5, 5.41) is 0. The summed E-state index contributed by atoms with van der Waals surface area (Å²) in [7, 11) is 0. The number of hydrogen-bond donors (Lipinski definition) is 1. The number of furan rings is 1. The molecule has 0 saturated carbocycles. The van der Waals surface area contributed by atoms with Gasteiger partial charge in [-0.1, -0.05) is 0 Å². The minimum atomic E-state index is 0. The normalized spacial score (nSPS) is 17.3. The first-order valence-corrected chi connectivity index (χ1v) is 7.17. The number of oxazole rings is 1. The van der Waals surface area contributed by atoms with E-state index < -0.39 is 0 Å². The summed E-state index contributed by atoms with van der Waals surface area (Å²) in [6, 6.07) is 3.63. The number of piperidine rings is 1. The Labute approximate surface area is 147 Å². The first kappa shape index (κ1) is 19.5. The van der Waals surface area contributed by atoms with Crippen LogP contribution in [0.15, 0.2) is 27.2 Å². The molecule has 3 rings (SSSR count). The number of aryl methyl sites for hydroxylation is 1. The number of carbonyl (C=O) groups is 1. The van der Waals surface area contributed by atoms with Gasteiger partial charge in [0.2, 0.25) is 5.91 Å². The molecule has 23 heavy (non-hydrogen) atoms. The number of carbonyl (C=O) groups excluding carboxylic acids is 1. The summed E-state index contributed by atoms with van der Waals surface area (Å²) < 4.78 is 10.8. The number of hydrogen-bond acceptors (Lipinski definition) is 5. The lowest BCUT2D eigenvalue weighted by Crippen LogP contribution is -2.46. The molecule has 8 heteroatoms. The van der Waals surface area contributed by atoms with E-state index in [2.05, 4.69) is 4.98 Å². The number of nitrogens with zero attached hydrogens (tertiary/aromatic N) is 2. The quantitative estimate of drug-likeness (QED) is 0.907. The standard InChI is InChI=1S/C15H19N3O3.2ClH/c1-10-12(17-15(21-10)13-5-3-7-20-13)8-14(19)18-6-2-4-11(16)9-18;;/h3,5,7,11H,2,4,6,8-9,16H2,1H3;2*1H. The van der Waals surface area contributed by atoms with Crippen LogP contribution in [0.1, 0.15) is 24.3 Å². The zero-order chi connectivity index (χ0) is 14.8. The predicted octanol–water partition coefficient (Wildman–Crippen LogP) is 2.58. The van der Waals surface area contributed by atoms with Gasteiger partial charge in [0.1, 0.15) is 5.76 Å². The molecule has 6 nitrogen and oxygen atoms in total. The van der Waals surface area contributed by atoms with Crippen molar-refractivity contribution in [1.29, 1.82) is 0 Å². The van der Waals surface area contributed by atoms with Crippen LogP contribution >= 0.6 is 24.8 Å². The molecule has 2 aromatic rings. The highest BCUT2D eigenvalue weighted by Gasteiger charge is 2.23. The highest BCUT2D eigenvalue weighted by atomic mass is 35.5. The lowest BCUT2D eigenvalue weighted by atomic mass is 10.1. The zero-order valence-electron chi connectivity index (χ0n) is 12.9. The molecule has 1 amide bonds. The number of halogens is 2. The van der Waals surface area contributed by atoms with Gasteiger partial charge in [-0.2, -0.15) is 0 Å². The summed E-state index contributed by atoms with van der Waals surface area (Å²) in [5.41, 5.74) is 6.57. The van der Waals surface area contributed by atoms with Crippen molar-refractivity contribution < 1.29 is 13.6 Å². The Hall–Kier alpha value is -1.50. The number of amides is 1. The smallest absolute Gasteiger partial charge is 0.263 e. The number of rotatable bonds is 3. The van der Waals surface area contributed by atoms with E-state index in [1.807, 2.05) is 11.8 Å². The molecule has 128 valence electrons. The van der Waals surface area contributed by atoms with Crippen molar-refractivity contribution in [3.8, 4) is 11.7 Å². The molecule has 2 N–H and O–H groups in total. The minimum absolute atomic E-state index is 0. The van der Waals surface area contributed by atoms with E-state index in [4.69, 9.17) is 14.6 Å². The maximum atomic E-state index is 12.3. The van der Waals surface area contributed by atoms with Crippen molar-refractivity contribution in [2.45, 2.75) is 32.2 Å². The van der Waals surface area contributed by atoms with E-state index in [-0.39, 0.29) is 43.2 Å². The average Bonchev–Trinajstić information content (AvgIpc) is 3.09. The van der Waals surface area contributed by atoms with E-state index in [1.54, 1.807) is 18.4 Å². The molecule has 0 bridgehead atoms. The van der Waals surface area contributed by atoms with Crippen LogP contribution < -0.4 is 5.73 Å². The third-order valence-corrected chi connectivity index (χ3v) is 3.75. The van der Waals surface area contributed by atoms with Gasteiger partial charge in [-0.25, -0.2) is 4.98 Å². The van der Waals surface area contributed by atoms with Crippen molar-refractivity contribution in [2.75, 3.05) is 13.1 Å². The predicted molar refractivity (Wildman–Crippen MR) is 90.9 cm³/mol. The third kappa shape index (κ3) is 4.50. The van der Waals surface area contributed by atoms with E-state index in [9.17, 15) is 4.79 Å². The summed E-state index contributed by atoms with van der Waals surface area (Å²) >= 11 is 0. The van der Waals surface area contributed by atoms with E-state index in [0.717, 1.165) is 19.4 Å². The maximum Gasteiger partial charge on any atom is 0.263 e. The van der Waals surface area contributed by atoms with Crippen LogP contribution in [-0.2, 0) is 11.2 Å². The van der Waals surface area contributed by atoms with Crippen molar-refractivity contribution in [2.24, 2.45) is 5.73 Å². The Bertz CT molecular complexity index is 628. The molecule has 1 aliphatic heterocycles. The third-order valence-electron chi connectivity index (χ3n) is 3.75. The summed E-state index contributed by atoms with van der Waals surface area (Å²) in [4.78, 5) is 18.5. The molecule has 0 aliphatic carbocycles. The highest BCUT2D eigenvalue weighted by molar-refractivity contribution is 5.85. The monoisotopic (exact) mass is 361 g/mol. The fourth-order valence-electron chi connectivity index (χ4n) is 2.59.